The smallest absolute Gasteiger partial charge is 0.310 e. The molecule has 0 amide bonds. The highest BCUT2D eigenvalue weighted by molar-refractivity contribution is 6.33. The molecule has 2 aromatic carbocycles. The second-order valence-electron chi connectivity index (χ2n) is 4.32. The average molecular weight is 277 g/mol. The van der Waals surface area contributed by atoms with E-state index in [1.54, 1.807) is 49.4 Å². The van der Waals surface area contributed by atoms with Gasteiger partial charge in [-0.3, -0.25) is 4.79 Å². The lowest BCUT2D eigenvalue weighted by molar-refractivity contribution is -0.138. The zero-order valence-corrected chi connectivity index (χ0v) is 11.1. The Bertz CT molecular complexity index is 623. The summed E-state index contributed by atoms with van der Waals surface area (Å²) in [6.45, 7) is 1.61. The highest BCUT2D eigenvalue weighted by Crippen LogP contribution is 2.35. The number of carboxylic acid groups (broad SMARTS) is 1. The van der Waals surface area contributed by atoms with E-state index >= 15 is 0 Å². The van der Waals surface area contributed by atoms with Gasteiger partial charge in [-0.1, -0.05) is 35.9 Å². The second kappa shape index (κ2) is 5.33. The van der Waals surface area contributed by atoms with Crippen molar-refractivity contribution in [1.82, 2.24) is 0 Å². The highest BCUT2D eigenvalue weighted by Gasteiger charge is 2.16. The fourth-order valence-corrected chi connectivity index (χ4v) is 2.08. The zero-order chi connectivity index (χ0) is 14.0. The van der Waals surface area contributed by atoms with E-state index in [-0.39, 0.29) is 5.75 Å². The lowest BCUT2D eigenvalue weighted by Gasteiger charge is -2.12. The van der Waals surface area contributed by atoms with E-state index in [9.17, 15) is 9.90 Å². The molecule has 0 fully saturated rings. The third kappa shape index (κ3) is 2.71. The van der Waals surface area contributed by atoms with Crippen LogP contribution < -0.4 is 0 Å². The van der Waals surface area contributed by atoms with Crippen LogP contribution in [0.15, 0.2) is 42.5 Å². The first-order valence-electron chi connectivity index (χ1n) is 5.81. The van der Waals surface area contributed by atoms with Gasteiger partial charge in [-0.25, -0.2) is 0 Å². The number of halogens is 1. The van der Waals surface area contributed by atoms with Gasteiger partial charge in [0, 0.05) is 16.1 Å². The molecule has 3 nitrogen and oxygen atoms in total. The number of aromatic hydroxyl groups is 1. The van der Waals surface area contributed by atoms with Crippen LogP contribution >= 0.6 is 11.6 Å². The van der Waals surface area contributed by atoms with Crippen LogP contribution in [0, 0.1) is 0 Å². The molecule has 0 heterocycles. The van der Waals surface area contributed by atoms with Gasteiger partial charge in [0.25, 0.3) is 0 Å². The summed E-state index contributed by atoms with van der Waals surface area (Å²) in [5.41, 5.74) is 1.87. The van der Waals surface area contributed by atoms with E-state index in [0.717, 1.165) is 0 Å². The summed E-state index contributed by atoms with van der Waals surface area (Å²) in [7, 11) is 0. The van der Waals surface area contributed by atoms with Gasteiger partial charge in [-0.2, -0.15) is 0 Å². The van der Waals surface area contributed by atoms with Crippen LogP contribution in [0.25, 0.3) is 11.1 Å². The van der Waals surface area contributed by atoms with E-state index in [1.807, 2.05) is 0 Å². The van der Waals surface area contributed by atoms with Gasteiger partial charge in [-0.15, -0.1) is 0 Å². The number of hydrogen-bond acceptors (Lipinski definition) is 2. The number of carboxylic acids is 1. The van der Waals surface area contributed by atoms with Crippen molar-refractivity contribution in [1.29, 1.82) is 0 Å². The molecule has 2 N–H and O–H groups in total. The van der Waals surface area contributed by atoms with Crippen LogP contribution in [-0.2, 0) is 4.79 Å². The summed E-state index contributed by atoms with van der Waals surface area (Å²) < 4.78 is 0. The Balaban J connectivity index is 2.55. The molecule has 0 aliphatic heterocycles. The molecule has 19 heavy (non-hydrogen) atoms. The quantitative estimate of drug-likeness (QED) is 0.894. The van der Waals surface area contributed by atoms with E-state index in [1.165, 1.54) is 0 Å². The SMILES string of the molecule is CC(C(=O)O)c1ccc(Cl)c(-c2ccccc2O)c1. The highest BCUT2D eigenvalue weighted by atomic mass is 35.5. The molecule has 4 heteroatoms. The maximum atomic E-state index is 11.0. The number of phenolic OH excluding ortho intramolecular Hbond substituents is 1. The van der Waals surface area contributed by atoms with Crippen molar-refractivity contribution in [2.24, 2.45) is 0 Å². The van der Waals surface area contributed by atoms with Gasteiger partial charge >= 0.3 is 5.97 Å². The van der Waals surface area contributed by atoms with Gasteiger partial charge in [0.2, 0.25) is 0 Å². The predicted octanol–water partition coefficient (Wildman–Crippen LogP) is 3.90. The molecule has 0 aliphatic carbocycles. The molecule has 0 aliphatic rings. The maximum absolute atomic E-state index is 11.0. The van der Waals surface area contributed by atoms with Crippen molar-refractivity contribution in [3.05, 3.63) is 53.1 Å². The summed E-state index contributed by atoms with van der Waals surface area (Å²) in [5.74, 6) is -1.41. The fourth-order valence-electron chi connectivity index (χ4n) is 1.86. The first-order valence-corrected chi connectivity index (χ1v) is 6.19. The number of phenols is 1. The lowest BCUT2D eigenvalue weighted by Crippen LogP contribution is -2.07. The van der Waals surface area contributed by atoms with Gasteiger partial charge in [0.15, 0.2) is 0 Å². The zero-order valence-electron chi connectivity index (χ0n) is 10.3. The molecule has 0 saturated carbocycles. The number of para-hydroxylation sites is 1. The monoisotopic (exact) mass is 276 g/mol. The molecule has 1 unspecified atom stereocenters. The molecule has 0 aromatic heterocycles. The number of rotatable bonds is 3. The van der Waals surface area contributed by atoms with Crippen molar-refractivity contribution in [2.45, 2.75) is 12.8 Å². The fraction of sp³-hybridized carbons (Fsp3) is 0.133. The van der Waals surface area contributed by atoms with E-state index < -0.39 is 11.9 Å². The Hall–Kier alpha value is -2.00. The summed E-state index contributed by atoms with van der Waals surface area (Å²) >= 11 is 6.13. The molecule has 1 atom stereocenters. The normalized spacial score (nSPS) is 12.1. The number of aliphatic carboxylic acids is 1. The van der Waals surface area contributed by atoms with Crippen molar-refractivity contribution < 1.29 is 15.0 Å². The van der Waals surface area contributed by atoms with Gasteiger partial charge in [0.1, 0.15) is 5.75 Å². The maximum Gasteiger partial charge on any atom is 0.310 e. The Morgan fingerprint density at radius 2 is 1.84 bits per heavy atom. The third-order valence-electron chi connectivity index (χ3n) is 3.06. The Labute approximate surface area is 116 Å². The topological polar surface area (TPSA) is 57.5 Å². The van der Waals surface area contributed by atoms with Crippen LogP contribution in [0.1, 0.15) is 18.4 Å². The summed E-state index contributed by atoms with van der Waals surface area (Å²) in [6, 6.07) is 11.9. The molecule has 0 saturated heterocycles. The van der Waals surface area contributed by atoms with E-state index in [2.05, 4.69) is 0 Å². The Kier molecular flexibility index (Phi) is 3.76. The molecule has 0 spiro atoms. The number of carbonyl (C=O) groups is 1. The molecule has 0 bridgehead atoms. The standard InChI is InChI=1S/C15H13ClO3/c1-9(15(18)19)10-6-7-13(16)12(8-10)11-4-2-3-5-14(11)17/h2-9,17H,1H3,(H,18,19). The van der Waals surface area contributed by atoms with E-state index in [4.69, 9.17) is 16.7 Å². The van der Waals surface area contributed by atoms with Gasteiger partial charge in [-0.05, 0) is 30.7 Å². The summed E-state index contributed by atoms with van der Waals surface area (Å²) in [5, 5.41) is 19.4. The minimum absolute atomic E-state index is 0.115. The molecular weight excluding hydrogens is 264 g/mol. The third-order valence-corrected chi connectivity index (χ3v) is 3.38. The summed E-state index contributed by atoms with van der Waals surface area (Å²) in [6.07, 6.45) is 0. The van der Waals surface area contributed by atoms with E-state index in [0.29, 0.717) is 21.7 Å². The van der Waals surface area contributed by atoms with Crippen molar-refractivity contribution >= 4 is 17.6 Å². The lowest BCUT2D eigenvalue weighted by atomic mass is 9.96. The van der Waals surface area contributed by atoms with Gasteiger partial charge in [0.05, 0.1) is 5.92 Å². The van der Waals surface area contributed by atoms with Crippen molar-refractivity contribution in [3.63, 3.8) is 0 Å². The number of hydrogen-bond donors (Lipinski definition) is 2. The second-order valence-corrected chi connectivity index (χ2v) is 4.72. The first kappa shape index (κ1) is 13.4. The van der Waals surface area contributed by atoms with Crippen LogP contribution in [0.4, 0.5) is 0 Å². The minimum atomic E-state index is -0.898. The van der Waals surface area contributed by atoms with Crippen LogP contribution in [0.3, 0.4) is 0 Å². The number of benzene rings is 2. The molecular formula is C15H13ClO3. The largest absolute Gasteiger partial charge is 0.507 e. The predicted molar refractivity (Wildman–Crippen MR) is 74.6 cm³/mol. The van der Waals surface area contributed by atoms with Crippen molar-refractivity contribution in [2.75, 3.05) is 0 Å². The van der Waals surface area contributed by atoms with Gasteiger partial charge < -0.3 is 10.2 Å². The average Bonchev–Trinajstić information content (AvgIpc) is 2.39. The molecule has 98 valence electrons. The summed E-state index contributed by atoms with van der Waals surface area (Å²) in [4.78, 5) is 11.0. The van der Waals surface area contributed by atoms with Crippen LogP contribution in [-0.4, -0.2) is 16.2 Å². The Morgan fingerprint density at radius 3 is 2.47 bits per heavy atom. The molecule has 0 radical (unpaired) electrons. The minimum Gasteiger partial charge on any atom is -0.507 e. The molecule has 2 aromatic rings. The first-order chi connectivity index (χ1) is 9.00. The molecule has 2 rings (SSSR count). The van der Waals surface area contributed by atoms with Crippen molar-refractivity contribution in [3.8, 4) is 16.9 Å². The van der Waals surface area contributed by atoms with Crippen LogP contribution in [0.5, 0.6) is 5.75 Å². The van der Waals surface area contributed by atoms with Crippen LogP contribution in [0.2, 0.25) is 5.02 Å². The Morgan fingerprint density at radius 1 is 1.16 bits per heavy atom.